The van der Waals surface area contributed by atoms with E-state index in [1.54, 1.807) is 4.68 Å². The van der Waals surface area contributed by atoms with E-state index in [1.807, 2.05) is 36.4 Å². The largest absolute Gasteiger partial charge is 0.347 e. The molecular weight excluding hydrogens is 324 g/mol. The Balaban J connectivity index is 0.00000169. The van der Waals surface area contributed by atoms with Gasteiger partial charge in [-0.2, -0.15) is 5.10 Å². The number of carbonyl (C=O) groups is 1. The average molecular weight is 347 g/mol. The second-order valence-corrected chi connectivity index (χ2v) is 6.49. The van der Waals surface area contributed by atoms with Crippen molar-refractivity contribution < 1.29 is 4.79 Å². The lowest BCUT2D eigenvalue weighted by molar-refractivity contribution is 0.0923. The van der Waals surface area contributed by atoms with Gasteiger partial charge in [-0.15, -0.1) is 12.4 Å². The highest BCUT2D eigenvalue weighted by Crippen LogP contribution is 2.39. The number of hydrogen-bond acceptors (Lipinski definition) is 3. The normalized spacial score (nSPS) is 20.2. The lowest BCUT2D eigenvalue weighted by atomic mass is 10.1. The predicted molar refractivity (Wildman–Crippen MR) is 96.1 cm³/mol. The second kappa shape index (κ2) is 7.36. The molecule has 2 N–H and O–H groups in total. The summed E-state index contributed by atoms with van der Waals surface area (Å²) < 4.78 is 1.79. The molecule has 0 radical (unpaired) electrons. The quantitative estimate of drug-likeness (QED) is 0.894. The minimum Gasteiger partial charge on any atom is -0.347 e. The van der Waals surface area contributed by atoms with Gasteiger partial charge >= 0.3 is 0 Å². The average Bonchev–Trinajstić information content (AvgIpc) is 3.35. The van der Waals surface area contributed by atoms with E-state index in [0.29, 0.717) is 11.6 Å². The molecule has 0 spiro atoms. The number of nitrogens with one attached hydrogen (secondary N) is 2. The maximum absolute atomic E-state index is 12.8. The predicted octanol–water partition coefficient (Wildman–Crippen LogP) is 2.65. The van der Waals surface area contributed by atoms with Gasteiger partial charge in [-0.3, -0.25) is 4.79 Å². The van der Waals surface area contributed by atoms with Gasteiger partial charge in [0.15, 0.2) is 0 Å². The standard InChI is InChI=1S/C18H22N4O.ClH/c23-18(20-14-5-4-10-19-12-14)17-11-16(13-8-9-13)21-22(17)15-6-2-1-3-7-15;/h1-3,6-7,11,13-14,19H,4-5,8-10,12H2,(H,20,23);1H/t14-;/m0./s1. The van der Waals surface area contributed by atoms with Crippen LogP contribution < -0.4 is 10.6 Å². The van der Waals surface area contributed by atoms with E-state index >= 15 is 0 Å². The molecule has 24 heavy (non-hydrogen) atoms. The Morgan fingerprint density at radius 2 is 2.00 bits per heavy atom. The molecule has 2 fully saturated rings. The van der Waals surface area contributed by atoms with Gasteiger partial charge < -0.3 is 10.6 Å². The molecule has 128 valence electrons. The second-order valence-electron chi connectivity index (χ2n) is 6.49. The molecule has 1 aliphatic carbocycles. The summed E-state index contributed by atoms with van der Waals surface area (Å²) in [6.07, 6.45) is 4.50. The maximum atomic E-state index is 12.8. The third-order valence-corrected chi connectivity index (χ3v) is 4.59. The van der Waals surface area contributed by atoms with E-state index < -0.39 is 0 Å². The van der Waals surface area contributed by atoms with Gasteiger partial charge in [-0.25, -0.2) is 4.68 Å². The fourth-order valence-electron chi connectivity index (χ4n) is 3.14. The van der Waals surface area contributed by atoms with Crippen LogP contribution in [-0.2, 0) is 0 Å². The topological polar surface area (TPSA) is 59.0 Å². The molecule has 1 saturated heterocycles. The molecule has 2 aliphatic rings. The molecule has 0 unspecified atom stereocenters. The van der Waals surface area contributed by atoms with Gasteiger partial charge in [-0.05, 0) is 50.4 Å². The lowest BCUT2D eigenvalue weighted by Crippen LogP contribution is -2.46. The SMILES string of the molecule is Cl.O=C(N[C@H]1CCCNC1)c1cc(C2CC2)nn1-c1ccccc1. The highest BCUT2D eigenvalue weighted by atomic mass is 35.5. The summed E-state index contributed by atoms with van der Waals surface area (Å²) in [5.41, 5.74) is 2.62. The fourth-order valence-corrected chi connectivity index (χ4v) is 3.14. The monoisotopic (exact) mass is 346 g/mol. The molecule has 1 atom stereocenters. The van der Waals surface area contributed by atoms with E-state index in [4.69, 9.17) is 5.10 Å². The van der Waals surface area contributed by atoms with Crippen molar-refractivity contribution in [3.8, 4) is 5.69 Å². The van der Waals surface area contributed by atoms with Crippen molar-refractivity contribution in [3.63, 3.8) is 0 Å². The summed E-state index contributed by atoms with van der Waals surface area (Å²) in [7, 11) is 0. The summed E-state index contributed by atoms with van der Waals surface area (Å²) in [4.78, 5) is 12.8. The lowest BCUT2D eigenvalue weighted by Gasteiger charge is -2.23. The number of halogens is 1. The van der Waals surface area contributed by atoms with Gasteiger partial charge in [0.2, 0.25) is 0 Å². The number of aromatic nitrogens is 2. The van der Waals surface area contributed by atoms with Crippen molar-refractivity contribution >= 4 is 18.3 Å². The Hall–Kier alpha value is -1.85. The van der Waals surface area contributed by atoms with Crippen LogP contribution >= 0.6 is 12.4 Å². The number of hydrogen-bond donors (Lipinski definition) is 2. The molecule has 2 aromatic rings. The van der Waals surface area contributed by atoms with Crippen LogP contribution in [0.1, 0.15) is 47.8 Å². The van der Waals surface area contributed by atoms with E-state index in [2.05, 4.69) is 10.6 Å². The Morgan fingerprint density at radius 1 is 1.21 bits per heavy atom. The first-order valence-electron chi connectivity index (χ1n) is 8.48. The molecule has 1 amide bonds. The molecule has 1 saturated carbocycles. The van der Waals surface area contributed by atoms with E-state index in [0.717, 1.165) is 37.3 Å². The van der Waals surface area contributed by atoms with Gasteiger partial charge in [-0.1, -0.05) is 18.2 Å². The Kier molecular flexibility index (Phi) is 5.21. The number of carbonyl (C=O) groups excluding carboxylic acids is 1. The number of amides is 1. The van der Waals surface area contributed by atoms with Gasteiger partial charge in [0.25, 0.3) is 5.91 Å². The summed E-state index contributed by atoms with van der Waals surface area (Å²) >= 11 is 0. The molecular formula is C18H23ClN4O. The zero-order valence-corrected chi connectivity index (χ0v) is 14.4. The van der Waals surface area contributed by atoms with Crippen LogP contribution in [0.15, 0.2) is 36.4 Å². The Labute approximate surface area is 148 Å². The number of benzene rings is 1. The van der Waals surface area contributed by atoms with Crippen LogP contribution in [0.4, 0.5) is 0 Å². The molecule has 2 heterocycles. The highest BCUT2D eigenvalue weighted by molar-refractivity contribution is 5.93. The molecule has 0 bridgehead atoms. The van der Waals surface area contributed by atoms with Gasteiger partial charge in [0.1, 0.15) is 5.69 Å². The molecule has 1 aliphatic heterocycles. The Bertz CT molecular complexity index is 690. The molecule has 1 aromatic heterocycles. The summed E-state index contributed by atoms with van der Waals surface area (Å²) in [6.45, 7) is 1.89. The van der Waals surface area contributed by atoms with Crippen LogP contribution in [-0.4, -0.2) is 34.8 Å². The summed E-state index contributed by atoms with van der Waals surface area (Å²) in [5.74, 6) is 0.504. The number of rotatable bonds is 4. The van der Waals surface area contributed by atoms with Crippen LogP contribution in [0.25, 0.3) is 5.69 Å². The van der Waals surface area contributed by atoms with Crippen LogP contribution in [0, 0.1) is 0 Å². The number of nitrogens with zero attached hydrogens (tertiary/aromatic N) is 2. The third-order valence-electron chi connectivity index (χ3n) is 4.59. The minimum absolute atomic E-state index is 0. The van der Waals surface area contributed by atoms with E-state index in [1.165, 1.54) is 12.8 Å². The zero-order chi connectivity index (χ0) is 15.6. The van der Waals surface area contributed by atoms with E-state index in [-0.39, 0.29) is 24.4 Å². The number of piperidine rings is 1. The molecule has 6 heteroatoms. The number of para-hydroxylation sites is 1. The van der Waals surface area contributed by atoms with Gasteiger partial charge in [0, 0.05) is 18.5 Å². The zero-order valence-electron chi connectivity index (χ0n) is 13.6. The van der Waals surface area contributed by atoms with Gasteiger partial charge in [0.05, 0.1) is 11.4 Å². The Morgan fingerprint density at radius 3 is 2.67 bits per heavy atom. The first kappa shape index (κ1) is 17.0. The molecule has 5 nitrogen and oxygen atoms in total. The van der Waals surface area contributed by atoms with Crippen LogP contribution in [0.3, 0.4) is 0 Å². The van der Waals surface area contributed by atoms with Crippen molar-refractivity contribution in [2.45, 2.75) is 37.6 Å². The first-order valence-corrected chi connectivity index (χ1v) is 8.48. The highest BCUT2D eigenvalue weighted by Gasteiger charge is 2.29. The molecule has 4 rings (SSSR count). The fraction of sp³-hybridized carbons (Fsp3) is 0.444. The van der Waals surface area contributed by atoms with Crippen LogP contribution in [0.2, 0.25) is 0 Å². The smallest absolute Gasteiger partial charge is 0.270 e. The minimum atomic E-state index is -0.0260. The van der Waals surface area contributed by atoms with E-state index in [9.17, 15) is 4.79 Å². The molecule has 1 aromatic carbocycles. The first-order chi connectivity index (χ1) is 11.3. The van der Waals surface area contributed by atoms with Crippen molar-refractivity contribution in [1.29, 1.82) is 0 Å². The van der Waals surface area contributed by atoms with Crippen molar-refractivity contribution in [2.24, 2.45) is 0 Å². The maximum Gasteiger partial charge on any atom is 0.270 e. The van der Waals surface area contributed by atoms with Crippen molar-refractivity contribution in [2.75, 3.05) is 13.1 Å². The van der Waals surface area contributed by atoms with Crippen molar-refractivity contribution in [3.05, 3.63) is 47.8 Å². The summed E-state index contributed by atoms with van der Waals surface area (Å²) in [6, 6.07) is 12.1. The van der Waals surface area contributed by atoms with Crippen LogP contribution in [0.5, 0.6) is 0 Å². The summed E-state index contributed by atoms with van der Waals surface area (Å²) in [5, 5.41) is 11.2. The van der Waals surface area contributed by atoms with Crippen molar-refractivity contribution in [1.82, 2.24) is 20.4 Å². The third kappa shape index (κ3) is 3.62.